The smallest absolute Gasteiger partial charge is 0.235 e. The van der Waals surface area contributed by atoms with Crippen molar-refractivity contribution in [1.29, 1.82) is 0 Å². The van der Waals surface area contributed by atoms with Crippen molar-refractivity contribution >= 4 is 34.2 Å². The van der Waals surface area contributed by atoms with Crippen LogP contribution in [0.1, 0.15) is 62.3 Å². The summed E-state index contributed by atoms with van der Waals surface area (Å²) < 4.78 is 5.50. The van der Waals surface area contributed by atoms with Crippen molar-refractivity contribution in [3.8, 4) is 0 Å². The quantitative estimate of drug-likeness (QED) is 0.520. The van der Waals surface area contributed by atoms with Gasteiger partial charge in [-0.15, -0.1) is 0 Å². The average molecular weight is 459 g/mol. The molecule has 1 saturated carbocycles. The van der Waals surface area contributed by atoms with Crippen LogP contribution in [0.25, 0.3) is 11.0 Å². The summed E-state index contributed by atoms with van der Waals surface area (Å²) in [5.74, 6) is 0.653. The first-order valence-electron chi connectivity index (χ1n) is 12.4. The van der Waals surface area contributed by atoms with E-state index in [4.69, 9.17) is 9.72 Å². The molecule has 6 rings (SSSR count). The fraction of sp³-hybridized carbons (Fsp3) is 0.444. The number of hydrogen-bond acceptors (Lipinski definition) is 4. The number of H-pyrrole nitrogens is 1. The molecule has 3 aromatic rings. The Labute approximate surface area is 198 Å². The number of nitrogens with one attached hydrogen (secondary N) is 3. The number of carbonyl (C=O) groups is 2. The van der Waals surface area contributed by atoms with E-state index in [1.54, 1.807) is 0 Å². The average Bonchev–Trinajstić information content (AvgIpc) is 3.39. The Bertz CT molecular complexity index is 1200. The van der Waals surface area contributed by atoms with E-state index in [2.05, 4.69) is 15.6 Å². The second kappa shape index (κ2) is 8.55. The third-order valence-corrected chi connectivity index (χ3v) is 7.94. The zero-order valence-corrected chi connectivity index (χ0v) is 19.2. The summed E-state index contributed by atoms with van der Waals surface area (Å²) in [6.07, 6.45) is 6.94. The lowest BCUT2D eigenvalue weighted by Gasteiger charge is -2.31. The van der Waals surface area contributed by atoms with Gasteiger partial charge in [-0.1, -0.05) is 37.5 Å². The van der Waals surface area contributed by atoms with Crippen LogP contribution in [0.3, 0.4) is 0 Å². The predicted octanol–water partition coefficient (Wildman–Crippen LogP) is 4.87. The highest BCUT2D eigenvalue weighted by Crippen LogP contribution is 2.45. The van der Waals surface area contributed by atoms with Gasteiger partial charge in [-0.25, -0.2) is 4.98 Å². The number of para-hydroxylation sites is 2. The first-order chi connectivity index (χ1) is 16.6. The van der Waals surface area contributed by atoms with Crippen molar-refractivity contribution in [2.75, 3.05) is 23.8 Å². The lowest BCUT2D eigenvalue weighted by molar-refractivity contribution is -0.124. The van der Waals surface area contributed by atoms with Gasteiger partial charge < -0.3 is 20.4 Å². The van der Waals surface area contributed by atoms with Gasteiger partial charge in [0, 0.05) is 24.6 Å². The van der Waals surface area contributed by atoms with Gasteiger partial charge in [-0.2, -0.15) is 0 Å². The Morgan fingerprint density at radius 1 is 1.09 bits per heavy atom. The van der Waals surface area contributed by atoms with Gasteiger partial charge in [0.1, 0.15) is 5.82 Å². The van der Waals surface area contributed by atoms with Gasteiger partial charge >= 0.3 is 0 Å². The van der Waals surface area contributed by atoms with Crippen molar-refractivity contribution < 1.29 is 14.3 Å². The summed E-state index contributed by atoms with van der Waals surface area (Å²) in [7, 11) is 0. The summed E-state index contributed by atoms with van der Waals surface area (Å²) >= 11 is 0. The van der Waals surface area contributed by atoms with Crippen molar-refractivity contribution in [2.45, 2.75) is 56.3 Å². The van der Waals surface area contributed by atoms with E-state index >= 15 is 0 Å². The maximum absolute atomic E-state index is 13.7. The fourth-order valence-electron chi connectivity index (χ4n) is 6.09. The standard InChI is InChI=1S/C27H30N4O3/c32-25(23(17-6-2-1-3-7-17)24-29-20-8-4-5-9-21(20)30-24)28-18-10-11-19-22(16-18)31-26(33)27(19)12-14-34-15-13-27/h4-5,8-11,16-17,23H,1-3,6-7,12-15H2,(H,28,32)(H,29,30)(H,31,33). The van der Waals surface area contributed by atoms with E-state index in [0.29, 0.717) is 31.7 Å². The molecule has 7 nitrogen and oxygen atoms in total. The number of aromatic nitrogens is 2. The van der Waals surface area contributed by atoms with E-state index in [1.807, 2.05) is 42.5 Å². The number of aromatic amines is 1. The summed E-state index contributed by atoms with van der Waals surface area (Å²) in [5, 5.41) is 6.19. The van der Waals surface area contributed by atoms with Crippen LogP contribution >= 0.6 is 0 Å². The molecule has 34 heavy (non-hydrogen) atoms. The van der Waals surface area contributed by atoms with Crippen LogP contribution in [-0.4, -0.2) is 35.0 Å². The van der Waals surface area contributed by atoms with Gasteiger partial charge in [-0.05, 0) is 61.4 Å². The summed E-state index contributed by atoms with van der Waals surface area (Å²) in [4.78, 5) is 34.7. The third kappa shape index (κ3) is 3.59. The molecule has 2 aromatic carbocycles. The van der Waals surface area contributed by atoms with Crippen LogP contribution < -0.4 is 10.6 Å². The molecular formula is C27H30N4O3. The molecule has 1 saturated heterocycles. The molecule has 1 atom stereocenters. The topological polar surface area (TPSA) is 96.1 Å². The van der Waals surface area contributed by atoms with Crippen LogP contribution in [0.4, 0.5) is 11.4 Å². The second-order valence-electron chi connectivity index (χ2n) is 9.91. The number of carbonyl (C=O) groups excluding carboxylic acids is 2. The first-order valence-corrected chi connectivity index (χ1v) is 12.4. The molecule has 3 heterocycles. The molecule has 2 aliphatic heterocycles. The molecule has 3 N–H and O–H groups in total. The van der Waals surface area contributed by atoms with Gasteiger partial charge in [0.2, 0.25) is 11.8 Å². The zero-order valence-electron chi connectivity index (χ0n) is 19.2. The van der Waals surface area contributed by atoms with Crippen molar-refractivity contribution in [3.63, 3.8) is 0 Å². The van der Waals surface area contributed by atoms with Gasteiger partial charge in [-0.3, -0.25) is 9.59 Å². The number of hydrogen-bond donors (Lipinski definition) is 3. The molecule has 2 amide bonds. The Balaban J connectivity index is 1.29. The minimum absolute atomic E-state index is 0.0386. The van der Waals surface area contributed by atoms with Crippen LogP contribution in [0.5, 0.6) is 0 Å². The Morgan fingerprint density at radius 3 is 2.68 bits per heavy atom. The number of ether oxygens (including phenoxy) is 1. The van der Waals surface area contributed by atoms with Crippen molar-refractivity contribution in [1.82, 2.24) is 9.97 Å². The molecular weight excluding hydrogens is 428 g/mol. The van der Waals surface area contributed by atoms with Crippen molar-refractivity contribution in [2.24, 2.45) is 5.92 Å². The van der Waals surface area contributed by atoms with Gasteiger partial charge in [0.25, 0.3) is 0 Å². The second-order valence-corrected chi connectivity index (χ2v) is 9.91. The van der Waals surface area contributed by atoms with Crippen LogP contribution in [-0.2, 0) is 19.7 Å². The van der Waals surface area contributed by atoms with E-state index in [-0.39, 0.29) is 23.7 Å². The number of benzene rings is 2. The Morgan fingerprint density at radius 2 is 1.88 bits per heavy atom. The molecule has 1 aliphatic carbocycles. The Kier molecular flexibility index (Phi) is 5.37. The predicted molar refractivity (Wildman–Crippen MR) is 131 cm³/mol. The number of rotatable bonds is 4. The first kappa shape index (κ1) is 21.4. The fourth-order valence-corrected chi connectivity index (χ4v) is 6.09. The normalized spacial score (nSPS) is 20.8. The van der Waals surface area contributed by atoms with E-state index in [9.17, 15) is 9.59 Å². The molecule has 1 spiro atoms. The van der Waals surface area contributed by atoms with E-state index < -0.39 is 5.41 Å². The lowest BCUT2D eigenvalue weighted by atomic mass is 9.75. The summed E-state index contributed by atoms with van der Waals surface area (Å²) in [6, 6.07) is 13.7. The number of anilines is 2. The molecule has 2 fully saturated rings. The highest BCUT2D eigenvalue weighted by molar-refractivity contribution is 6.07. The number of nitrogens with zero attached hydrogens (tertiary/aromatic N) is 1. The van der Waals surface area contributed by atoms with Crippen LogP contribution in [0, 0.1) is 5.92 Å². The Hall–Kier alpha value is -3.19. The monoisotopic (exact) mass is 458 g/mol. The van der Waals surface area contributed by atoms with Crippen LogP contribution in [0.2, 0.25) is 0 Å². The molecule has 0 bridgehead atoms. The molecule has 1 unspecified atom stereocenters. The number of imidazole rings is 1. The minimum Gasteiger partial charge on any atom is -0.381 e. The summed E-state index contributed by atoms with van der Waals surface area (Å²) in [6.45, 7) is 1.18. The molecule has 3 aliphatic rings. The zero-order chi connectivity index (χ0) is 23.1. The molecule has 7 heteroatoms. The largest absolute Gasteiger partial charge is 0.381 e. The SMILES string of the molecule is O=C(Nc1ccc2c(c1)NC(=O)C21CCOCC1)C(c1nc2ccccc2[nH]1)C1CCCCC1. The van der Waals surface area contributed by atoms with Gasteiger partial charge in [0.15, 0.2) is 0 Å². The summed E-state index contributed by atoms with van der Waals surface area (Å²) in [5.41, 5.74) is 3.84. The highest BCUT2D eigenvalue weighted by Gasteiger charge is 2.47. The number of amides is 2. The minimum atomic E-state index is -0.505. The van der Waals surface area contributed by atoms with Crippen molar-refractivity contribution in [3.05, 3.63) is 53.9 Å². The maximum atomic E-state index is 13.7. The molecule has 176 valence electrons. The third-order valence-electron chi connectivity index (χ3n) is 7.94. The number of fused-ring (bicyclic) bond motifs is 3. The maximum Gasteiger partial charge on any atom is 0.235 e. The highest BCUT2D eigenvalue weighted by atomic mass is 16.5. The van der Waals surface area contributed by atoms with E-state index in [1.165, 1.54) is 6.42 Å². The molecule has 1 aromatic heterocycles. The van der Waals surface area contributed by atoms with E-state index in [0.717, 1.165) is 53.8 Å². The lowest BCUT2D eigenvalue weighted by Crippen LogP contribution is -2.39. The molecule has 0 radical (unpaired) electrons. The van der Waals surface area contributed by atoms with Gasteiger partial charge in [0.05, 0.1) is 22.4 Å². The van der Waals surface area contributed by atoms with Crippen LogP contribution in [0.15, 0.2) is 42.5 Å².